The van der Waals surface area contributed by atoms with Gasteiger partial charge in [0.05, 0.1) is 11.6 Å². The third-order valence-electron chi connectivity index (χ3n) is 3.25. The van der Waals surface area contributed by atoms with Crippen LogP contribution in [0.25, 0.3) is 0 Å². The first-order valence-corrected chi connectivity index (χ1v) is 5.91. The first-order chi connectivity index (χ1) is 9.11. The molecule has 21 heavy (non-hydrogen) atoms. The van der Waals surface area contributed by atoms with E-state index in [9.17, 15) is 22.4 Å². The SMILES string of the molecule is CC1(C)COC(=O)N[C@@H]1c1cc(C(F)(F)F)ccc1F.Cl. The average Bonchev–Trinajstić information content (AvgIpc) is 2.32. The van der Waals surface area contributed by atoms with Gasteiger partial charge in [0, 0.05) is 11.0 Å². The smallest absolute Gasteiger partial charge is 0.416 e. The molecule has 0 spiro atoms. The van der Waals surface area contributed by atoms with Crippen molar-refractivity contribution in [3.8, 4) is 0 Å². The highest BCUT2D eigenvalue weighted by molar-refractivity contribution is 5.85. The molecule has 0 aromatic heterocycles. The first-order valence-electron chi connectivity index (χ1n) is 5.91. The summed E-state index contributed by atoms with van der Waals surface area (Å²) in [5, 5.41) is 2.37. The molecule has 1 heterocycles. The van der Waals surface area contributed by atoms with Crippen LogP contribution in [-0.2, 0) is 10.9 Å². The van der Waals surface area contributed by atoms with E-state index in [0.29, 0.717) is 6.07 Å². The van der Waals surface area contributed by atoms with Crippen molar-refractivity contribution in [2.45, 2.75) is 26.1 Å². The van der Waals surface area contributed by atoms with Crippen LogP contribution in [0.15, 0.2) is 18.2 Å². The zero-order chi connectivity index (χ0) is 15.1. The molecule has 1 atom stereocenters. The lowest BCUT2D eigenvalue weighted by Crippen LogP contribution is -2.47. The van der Waals surface area contributed by atoms with Crippen molar-refractivity contribution in [2.24, 2.45) is 5.41 Å². The number of cyclic esters (lactones) is 1. The fourth-order valence-corrected chi connectivity index (χ4v) is 2.13. The number of halogens is 5. The van der Waals surface area contributed by atoms with E-state index >= 15 is 0 Å². The quantitative estimate of drug-likeness (QED) is 0.789. The highest BCUT2D eigenvalue weighted by atomic mass is 35.5. The van der Waals surface area contributed by atoms with Gasteiger partial charge in [-0.1, -0.05) is 13.8 Å². The Hall–Kier alpha value is -1.50. The lowest BCUT2D eigenvalue weighted by molar-refractivity contribution is -0.137. The molecule has 1 saturated heterocycles. The Balaban J connectivity index is 0.00000220. The van der Waals surface area contributed by atoms with Crippen molar-refractivity contribution in [2.75, 3.05) is 6.61 Å². The summed E-state index contributed by atoms with van der Waals surface area (Å²) >= 11 is 0. The number of rotatable bonds is 1. The van der Waals surface area contributed by atoms with Crippen LogP contribution in [0.5, 0.6) is 0 Å². The molecule has 0 bridgehead atoms. The van der Waals surface area contributed by atoms with Crippen molar-refractivity contribution in [3.05, 3.63) is 35.1 Å². The number of ether oxygens (including phenoxy) is 1. The Morgan fingerprint density at radius 1 is 1.33 bits per heavy atom. The maximum absolute atomic E-state index is 13.9. The van der Waals surface area contributed by atoms with E-state index in [2.05, 4.69) is 5.32 Å². The topological polar surface area (TPSA) is 38.3 Å². The van der Waals surface area contributed by atoms with Crippen LogP contribution in [0.3, 0.4) is 0 Å². The predicted octanol–water partition coefficient (Wildman–Crippen LogP) is 4.07. The summed E-state index contributed by atoms with van der Waals surface area (Å²) in [6.07, 6.45) is -5.34. The zero-order valence-corrected chi connectivity index (χ0v) is 12.1. The molecule has 8 heteroatoms. The van der Waals surface area contributed by atoms with Crippen LogP contribution in [0.2, 0.25) is 0 Å². The molecule has 2 rings (SSSR count). The number of amides is 1. The monoisotopic (exact) mass is 327 g/mol. The number of carbonyl (C=O) groups is 1. The molecule has 1 aromatic rings. The Kier molecular flexibility index (Phi) is 4.77. The molecule has 0 unspecified atom stereocenters. The van der Waals surface area contributed by atoms with Gasteiger partial charge in [0.25, 0.3) is 0 Å². The molecule has 3 nitrogen and oxygen atoms in total. The van der Waals surface area contributed by atoms with Gasteiger partial charge in [-0.15, -0.1) is 12.4 Å². The lowest BCUT2D eigenvalue weighted by Gasteiger charge is -2.38. The first kappa shape index (κ1) is 17.6. The molecule has 0 radical (unpaired) electrons. The molecule has 0 aliphatic carbocycles. The molecule has 1 N–H and O–H groups in total. The lowest BCUT2D eigenvalue weighted by atomic mass is 9.80. The minimum atomic E-state index is -4.57. The molecular weight excluding hydrogens is 314 g/mol. The second kappa shape index (κ2) is 5.71. The van der Waals surface area contributed by atoms with Crippen LogP contribution in [0.4, 0.5) is 22.4 Å². The van der Waals surface area contributed by atoms with E-state index in [4.69, 9.17) is 4.74 Å². The standard InChI is InChI=1S/C13H13F4NO2.ClH/c1-12(2)6-20-11(19)18-10(12)8-5-7(13(15,16)17)3-4-9(8)14;/h3-5,10H,6H2,1-2H3,(H,18,19);1H/t10-;/m1./s1. The van der Waals surface area contributed by atoms with Gasteiger partial charge < -0.3 is 10.1 Å². The summed E-state index contributed by atoms with van der Waals surface area (Å²) in [7, 11) is 0. The Labute approximate surface area is 125 Å². The molecule has 1 aliphatic heterocycles. The number of hydrogen-bond acceptors (Lipinski definition) is 2. The third kappa shape index (κ3) is 3.58. The van der Waals surface area contributed by atoms with Crippen molar-refractivity contribution in [3.63, 3.8) is 0 Å². The van der Waals surface area contributed by atoms with E-state index < -0.39 is 35.1 Å². The highest BCUT2D eigenvalue weighted by Gasteiger charge is 2.40. The minimum Gasteiger partial charge on any atom is -0.449 e. The average molecular weight is 328 g/mol. The Morgan fingerprint density at radius 3 is 2.52 bits per heavy atom. The summed E-state index contributed by atoms with van der Waals surface area (Å²) in [4.78, 5) is 11.2. The van der Waals surface area contributed by atoms with Crippen molar-refractivity contribution in [1.82, 2.24) is 5.32 Å². The van der Waals surface area contributed by atoms with Crippen molar-refractivity contribution in [1.29, 1.82) is 0 Å². The van der Waals surface area contributed by atoms with Crippen molar-refractivity contribution >= 4 is 18.5 Å². The zero-order valence-electron chi connectivity index (χ0n) is 11.3. The maximum atomic E-state index is 13.9. The number of carbonyl (C=O) groups excluding carboxylic acids is 1. The van der Waals surface area contributed by atoms with Gasteiger partial charge in [-0.25, -0.2) is 9.18 Å². The third-order valence-corrected chi connectivity index (χ3v) is 3.25. The molecule has 1 fully saturated rings. The molecule has 0 saturated carbocycles. The normalized spacial score (nSPS) is 21.0. The second-order valence-corrected chi connectivity index (χ2v) is 5.38. The van der Waals surface area contributed by atoms with Crippen LogP contribution < -0.4 is 5.32 Å². The van der Waals surface area contributed by atoms with Crippen LogP contribution in [-0.4, -0.2) is 12.7 Å². The van der Waals surface area contributed by atoms with Crippen LogP contribution in [0, 0.1) is 11.2 Å². The van der Waals surface area contributed by atoms with Gasteiger partial charge in [-0.3, -0.25) is 0 Å². The molecular formula is C13H14ClF4NO2. The van der Waals surface area contributed by atoms with Gasteiger partial charge in [0.15, 0.2) is 0 Å². The van der Waals surface area contributed by atoms with Gasteiger partial charge in [-0.05, 0) is 18.2 Å². The number of alkyl carbamates (subject to hydrolysis) is 1. The number of hydrogen-bond donors (Lipinski definition) is 1. The fraction of sp³-hybridized carbons (Fsp3) is 0.462. The van der Waals surface area contributed by atoms with Gasteiger partial charge >= 0.3 is 12.3 Å². The van der Waals surface area contributed by atoms with E-state index in [0.717, 1.165) is 12.1 Å². The minimum absolute atomic E-state index is 0. The Bertz CT molecular complexity index is 545. The van der Waals surface area contributed by atoms with E-state index in [1.54, 1.807) is 13.8 Å². The van der Waals surface area contributed by atoms with Crippen molar-refractivity contribution < 1.29 is 27.1 Å². The summed E-state index contributed by atoms with van der Waals surface area (Å²) in [6, 6.07) is 1.28. The van der Waals surface area contributed by atoms with Gasteiger partial charge in [0.2, 0.25) is 0 Å². The highest BCUT2D eigenvalue weighted by Crippen LogP contribution is 2.39. The van der Waals surface area contributed by atoms with E-state index in [-0.39, 0.29) is 24.6 Å². The van der Waals surface area contributed by atoms with E-state index in [1.807, 2.05) is 0 Å². The molecule has 1 aromatic carbocycles. The van der Waals surface area contributed by atoms with E-state index in [1.165, 1.54) is 0 Å². The molecule has 1 aliphatic rings. The Morgan fingerprint density at radius 2 is 1.95 bits per heavy atom. The summed E-state index contributed by atoms with van der Waals surface area (Å²) < 4.78 is 56.7. The second-order valence-electron chi connectivity index (χ2n) is 5.38. The van der Waals surface area contributed by atoms with Gasteiger partial charge in [-0.2, -0.15) is 13.2 Å². The number of nitrogens with one attached hydrogen (secondary N) is 1. The number of alkyl halides is 3. The predicted molar refractivity (Wildman–Crippen MR) is 69.7 cm³/mol. The van der Waals surface area contributed by atoms with Crippen LogP contribution >= 0.6 is 12.4 Å². The van der Waals surface area contributed by atoms with Gasteiger partial charge in [0.1, 0.15) is 12.4 Å². The molecule has 1 amide bonds. The summed E-state index contributed by atoms with van der Waals surface area (Å²) in [5.74, 6) is -0.793. The molecule has 118 valence electrons. The fourth-order valence-electron chi connectivity index (χ4n) is 2.13. The number of benzene rings is 1. The largest absolute Gasteiger partial charge is 0.449 e. The van der Waals surface area contributed by atoms with Crippen LogP contribution in [0.1, 0.15) is 31.0 Å². The maximum Gasteiger partial charge on any atom is 0.416 e. The summed E-state index contributed by atoms with van der Waals surface area (Å²) in [6.45, 7) is 3.35. The summed E-state index contributed by atoms with van der Waals surface area (Å²) in [5.41, 5.74) is -1.87.